The number of aliphatic hydroxyl groups is 2. The number of ether oxygens (including phenoxy) is 3. The van der Waals surface area contributed by atoms with Gasteiger partial charge in [-0.2, -0.15) is 0 Å². The van der Waals surface area contributed by atoms with Gasteiger partial charge in [0, 0.05) is 44.1 Å². The van der Waals surface area contributed by atoms with Crippen molar-refractivity contribution in [2.45, 2.75) is 121 Å². The van der Waals surface area contributed by atoms with Gasteiger partial charge in [0.2, 0.25) is 11.7 Å². The van der Waals surface area contributed by atoms with Gasteiger partial charge in [-0.05, 0) is 109 Å². The van der Waals surface area contributed by atoms with Gasteiger partial charge in [-0.1, -0.05) is 136 Å². The molecular formula is C57H70N2O7. The maximum Gasteiger partial charge on any atom is 0.239 e. The molecule has 2 fully saturated rings. The van der Waals surface area contributed by atoms with Crippen molar-refractivity contribution in [2.24, 2.45) is 28.8 Å². The van der Waals surface area contributed by atoms with Gasteiger partial charge in [0.1, 0.15) is 29.9 Å². The summed E-state index contributed by atoms with van der Waals surface area (Å²) in [6.45, 7) is 7.59. The van der Waals surface area contributed by atoms with Crippen molar-refractivity contribution in [3.8, 4) is 28.4 Å². The summed E-state index contributed by atoms with van der Waals surface area (Å²) in [4.78, 5) is 23.3. The van der Waals surface area contributed by atoms with Gasteiger partial charge in [0.25, 0.3) is 0 Å². The SMILES string of the molecule is C=CCOC12Oc3ccc(Oc4ccc(-c5ccccc5)cc4)cc3C3C(CCCCO)C(CCCCO)C=C(C(=NOCc4ccccc4)CC1N(CCC)C(=O)CCC1CCCC1)C32. The average Bonchev–Trinajstić information content (AvgIpc) is 3.88. The molecule has 1 aliphatic heterocycles. The third kappa shape index (κ3) is 10.8. The fourth-order valence-electron chi connectivity index (χ4n) is 11.4. The van der Waals surface area contributed by atoms with Crippen molar-refractivity contribution in [3.05, 3.63) is 139 Å². The van der Waals surface area contributed by atoms with Crippen LogP contribution in [-0.2, 0) is 21.0 Å². The largest absolute Gasteiger partial charge is 0.459 e. The van der Waals surface area contributed by atoms with Crippen LogP contribution >= 0.6 is 0 Å². The van der Waals surface area contributed by atoms with E-state index in [0.717, 1.165) is 83.6 Å². The van der Waals surface area contributed by atoms with Crippen LogP contribution in [0.4, 0.5) is 0 Å². The zero-order chi connectivity index (χ0) is 45.7. The molecule has 6 unspecified atom stereocenters. The minimum Gasteiger partial charge on any atom is -0.459 e. The van der Waals surface area contributed by atoms with Gasteiger partial charge in [0.15, 0.2) is 0 Å². The first-order valence-corrected chi connectivity index (χ1v) is 24.8. The molecule has 2 N–H and O–H groups in total. The van der Waals surface area contributed by atoms with Crippen molar-refractivity contribution < 1.29 is 34.1 Å². The number of oxime groups is 1. The molecule has 9 heteroatoms. The van der Waals surface area contributed by atoms with Crippen molar-refractivity contribution in [2.75, 3.05) is 26.4 Å². The summed E-state index contributed by atoms with van der Waals surface area (Å²) < 4.78 is 21.4. The summed E-state index contributed by atoms with van der Waals surface area (Å²) >= 11 is 0. The van der Waals surface area contributed by atoms with Crippen LogP contribution < -0.4 is 9.47 Å². The highest BCUT2D eigenvalue weighted by Crippen LogP contribution is 2.62. The van der Waals surface area contributed by atoms with Crippen LogP contribution in [0, 0.1) is 23.7 Å². The molecule has 66 heavy (non-hydrogen) atoms. The number of amides is 1. The number of benzene rings is 4. The highest BCUT2D eigenvalue weighted by atomic mass is 16.7. The molecule has 0 spiro atoms. The molecule has 4 aromatic rings. The number of unbranched alkanes of at least 4 members (excludes halogenated alkanes) is 2. The maximum absolute atomic E-state index is 14.9. The molecule has 9 nitrogen and oxygen atoms in total. The number of allylic oxidation sites excluding steroid dienone is 1. The number of fused-ring (bicyclic) bond motifs is 2. The Bertz CT molecular complexity index is 2240. The van der Waals surface area contributed by atoms with Gasteiger partial charge in [-0.25, -0.2) is 0 Å². The lowest BCUT2D eigenvalue weighted by Gasteiger charge is -2.60. The maximum atomic E-state index is 14.9. The van der Waals surface area contributed by atoms with Gasteiger partial charge in [-0.15, -0.1) is 6.58 Å². The molecule has 1 heterocycles. The normalized spacial score (nSPS) is 23.9. The van der Waals surface area contributed by atoms with E-state index in [1.54, 1.807) is 6.08 Å². The van der Waals surface area contributed by atoms with Crippen LogP contribution in [0.15, 0.2) is 133 Å². The molecule has 8 rings (SSSR count). The number of hydrogen-bond acceptors (Lipinski definition) is 8. The minimum atomic E-state index is -1.28. The molecule has 0 saturated heterocycles. The summed E-state index contributed by atoms with van der Waals surface area (Å²) in [7, 11) is 0. The lowest BCUT2D eigenvalue weighted by Crippen LogP contribution is -2.70. The monoisotopic (exact) mass is 895 g/mol. The second-order valence-corrected chi connectivity index (χ2v) is 18.8. The zero-order valence-electron chi connectivity index (χ0n) is 38.9. The van der Waals surface area contributed by atoms with E-state index >= 15 is 0 Å². The van der Waals surface area contributed by atoms with Gasteiger partial charge in [-0.3, -0.25) is 4.79 Å². The fourth-order valence-corrected chi connectivity index (χ4v) is 11.4. The van der Waals surface area contributed by atoms with Crippen LogP contribution in [0.25, 0.3) is 11.1 Å². The molecule has 0 bridgehead atoms. The predicted molar refractivity (Wildman–Crippen MR) is 261 cm³/mol. The van der Waals surface area contributed by atoms with E-state index in [4.69, 9.17) is 24.2 Å². The van der Waals surface area contributed by atoms with E-state index in [0.29, 0.717) is 50.5 Å². The molecule has 4 aromatic carbocycles. The Morgan fingerprint density at radius 2 is 1.56 bits per heavy atom. The first-order valence-electron chi connectivity index (χ1n) is 24.8. The predicted octanol–water partition coefficient (Wildman–Crippen LogP) is 12.2. The van der Waals surface area contributed by atoms with Crippen LogP contribution in [0.3, 0.4) is 0 Å². The van der Waals surface area contributed by atoms with E-state index in [-0.39, 0.29) is 49.4 Å². The number of aliphatic hydroxyl groups excluding tert-OH is 2. The summed E-state index contributed by atoms with van der Waals surface area (Å²) in [5.41, 5.74) is 6.15. The molecular weight excluding hydrogens is 825 g/mol. The summed E-state index contributed by atoms with van der Waals surface area (Å²) in [6, 6.07) is 34.2. The lowest BCUT2D eigenvalue weighted by molar-refractivity contribution is -0.257. The minimum absolute atomic E-state index is 0.113. The second kappa shape index (κ2) is 23.0. The topological polar surface area (TPSA) is 110 Å². The molecule has 350 valence electrons. The van der Waals surface area contributed by atoms with E-state index in [9.17, 15) is 15.0 Å². The molecule has 2 saturated carbocycles. The number of rotatable bonds is 23. The number of carbonyl (C=O) groups excluding carboxylic acids is 1. The summed E-state index contributed by atoms with van der Waals surface area (Å²) in [5, 5.41) is 25.1. The van der Waals surface area contributed by atoms with Crippen LogP contribution in [0.1, 0.15) is 114 Å². The highest BCUT2D eigenvalue weighted by Gasteiger charge is 2.65. The van der Waals surface area contributed by atoms with Crippen molar-refractivity contribution in [3.63, 3.8) is 0 Å². The average molecular weight is 895 g/mol. The Morgan fingerprint density at radius 1 is 0.864 bits per heavy atom. The van der Waals surface area contributed by atoms with Crippen molar-refractivity contribution in [1.82, 2.24) is 4.90 Å². The second-order valence-electron chi connectivity index (χ2n) is 18.8. The third-order valence-corrected chi connectivity index (χ3v) is 14.5. The van der Waals surface area contributed by atoms with E-state index in [1.165, 1.54) is 25.7 Å². The molecule has 3 aliphatic carbocycles. The Kier molecular flexibility index (Phi) is 16.5. The van der Waals surface area contributed by atoms with Gasteiger partial charge < -0.3 is 34.2 Å². The molecule has 1 amide bonds. The highest BCUT2D eigenvalue weighted by molar-refractivity contribution is 6.03. The number of nitrogens with zero attached hydrogens (tertiary/aromatic N) is 2. The summed E-state index contributed by atoms with van der Waals surface area (Å²) in [6.07, 6.45) is 16.4. The number of carbonyl (C=O) groups is 1. The fraction of sp³-hybridized carbons (Fsp3) is 0.474. The Balaban J connectivity index is 1.26. The first kappa shape index (κ1) is 47.3. The van der Waals surface area contributed by atoms with Crippen molar-refractivity contribution in [1.29, 1.82) is 0 Å². The molecule has 6 atom stereocenters. The van der Waals surface area contributed by atoms with Crippen molar-refractivity contribution >= 4 is 11.6 Å². The molecule has 0 aromatic heterocycles. The Labute approximate surface area is 392 Å². The molecule has 4 aliphatic rings. The van der Waals surface area contributed by atoms with Crippen LogP contribution in [0.2, 0.25) is 0 Å². The van der Waals surface area contributed by atoms with E-state index in [2.05, 4.69) is 54.8 Å². The van der Waals surface area contributed by atoms with E-state index < -0.39 is 11.8 Å². The zero-order valence-corrected chi connectivity index (χ0v) is 38.9. The number of hydrogen-bond donors (Lipinski definition) is 2. The van der Waals surface area contributed by atoms with E-state index in [1.807, 2.05) is 72.8 Å². The third-order valence-electron chi connectivity index (χ3n) is 14.5. The van der Waals surface area contributed by atoms with Crippen LogP contribution in [-0.4, -0.2) is 64.9 Å². The smallest absolute Gasteiger partial charge is 0.239 e. The van der Waals surface area contributed by atoms with Crippen LogP contribution in [0.5, 0.6) is 17.2 Å². The molecule has 0 radical (unpaired) electrons. The quantitative estimate of drug-likeness (QED) is 0.0433. The van der Waals surface area contributed by atoms with Gasteiger partial charge in [0.05, 0.1) is 18.2 Å². The van der Waals surface area contributed by atoms with Gasteiger partial charge >= 0.3 is 0 Å². The standard InChI is InChI=1S/C57H70N2O7/c1-3-33-59(54(62)32-25-41-17-11-12-18-41)53-39-51(58-64-40-42-19-7-5-8-20-42)49-37-45(23-13-15-34-60)48(24-14-16-35-61)55-50-38-47(30-31-52(50)66-57(53,56(49)55)63-36-4-2)65-46-28-26-44(27-29-46)43-21-9-6-10-22-43/h4-10,19-22,26-31,37-38,41,45,48,53,55-56,60-61H,2-3,11-18,23-25,32-36,39-40H2,1H3. The lowest BCUT2D eigenvalue weighted by atomic mass is 9.55. The Morgan fingerprint density at radius 3 is 2.27 bits per heavy atom. The Hall–Kier alpha value is -5.22. The summed E-state index contributed by atoms with van der Waals surface area (Å²) in [5.74, 6) is 1.29. The first-order chi connectivity index (χ1) is 32.5.